The van der Waals surface area contributed by atoms with Crippen LogP contribution < -0.4 is 0 Å². The van der Waals surface area contributed by atoms with E-state index in [4.69, 9.17) is 0 Å². The van der Waals surface area contributed by atoms with E-state index in [1.165, 1.54) is 18.2 Å². The molecule has 3 aromatic carbocycles. The third kappa shape index (κ3) is 3.70. The number of benzene rings is 3. The first-order valence-corrected chi connectivity index (χ1v) is 11.3. The average molecular weight is 484 g/mol. The molecule has 0 amide bonds. The lowest BCUT2D eigenvalue weighted by atomic mass is 9.62. The summed E-state index contributed by atoms with van der Waals surface area (Å²) in [5, 5.41) is 0. The molecule has 1 unspecified atom stereocenters. The van der Waals surface area contributed by atoms with Crippen molar-refractivity contribution in [2.45, 2.75) is 38.0 Å². The zero-order valence-electron chi connectivity index (χ0n) is 19.1. The van der Waals surface area contributed by atoms with Crippen LogP contribution in [0.1, 0.15) is 39.8 Å². The van der Waals surface area contributed by atoms with Crippen LogP contribution in [-0.2, 0) is 11.6 Å². The van der Waals surface area contributed by atoms with Gasteiger partial charge in [-0.15, -0.1) is 0 Å². The fraction of sp³-hybridized carbons (Fsp3) is 0.241. The predicted molar refractivity (Wildman–Crippen MR) is 124 cm³/mol. The Bertz CT molecular complexity index is 1300. The number of aryl methyl sites for hydroxylation is 2. The Morgan fingerprint density at radius 1 is 0.714 bits per heavy atom. The molecule has 0 nitrogen and oxygen atoms in total. The second-order valence-corrected chi connectivity index (χ2v) is 9.34. The maximum absolute atomic E-state index is 13.4. The van der Waals surface area contributed by atoms with Gasteiger partial charge in [-0.3, -0.25) is 0 Å². The molecule has 180 valence electrons. The van der Waals surface area contributed by atoms with Gasteiger partial charge in [0, 0.05) is 0 Å². The Morgan fingerprint density at radius 2 is 1.26 bits per heavy atom. The number of halogens is 6. The van der Waals surface area contributed by atoms with Crippen molar-refractivity contribution in [2.75, 3.05) is 0 Å². The van der Waals surface area contributed by atoms with Crippen molar-refractivity contribution >= 4 is 0 Å². The summed E-state index contributed by atoms with van der Waals surface area (Å²) in [6.07, 6.45) is -4.97. The Balaban J connectivity index is 1.80. The minimum atomic E-state index is -4.49. The molecule has 0 heterocycles. The Hall–Kier alpha value is -3.28. The average Bonchev–Trinajstić information content (AvgIpc) is 3.07. The Kier molecular flexibility index (Phi) is 5.28. The van der Waals surface area contributed by atoms with Crippen molar-refractivity contribution in [3.8, 4) is 11.1 Å². The second-order valence-electron chi connectivity index (χ2n) is 9.34. The van der Waals surface area contributed by atoms with Crippen LogP contribution in [0.2, 0.25) is 0 Å². The van der Waals surface area contributed by atoms with E-state index in [0.29, 0.717) is 5.56 Å². The summed E-state index contributed by atoms with van der Waals surface area (Å²) < 4.78 is 80.2. The number of fused-ring (bicyclic) bond motifs is 3. The number of hydrogen-bond donors (Lipinski definition) is 0. The molecule has 6 heteroatoms. The van der Waals surface area contributed by atoms with Crippen molar-refractivity contribution in [1.82, 2.24) is 0 Å². The van der Waals surface area contributed by atoms with Gasteiger partial charge in [0.1, 0.15) is 0 Å². The van der Waals surface area contributed by atoms with E-state index < -0.39 is 34.8 Å². The summed E-state index contributed by atoms with van der Waals surface area (Å²) in [6.45, 7) is 3.87. The Labute approximate surface area is 199 Å². The predicted octanol–water partition coefficient (Wildman–Crippen LogP) is 8.70. The molecule has 0 spiro atoms. The zero-order valence-corrected chi connectivity index (χ0v) is 19.1. The third-order valence-corrected chi connectivity index (χ3v) is 7.14. The molecule has 1 atom stereocenters. The fourth-order valence-electron chi connectivity index (χ4n) is 5.58. The number of hydrogen-bond acceptors (Lipinski definition) is 0. The van der Waals surface area contributed by atoms with Gasteiger partial charge in [-0.2, -0.15) is 26.3 Å². The van der Waals surface area contributed by atoms with Gasteiger partial charge in [0.05, 0.1) is 16.6 Å². The standard InChI is InChI=1S/C29H22F6/c1-17-3-13-23-24-14-4-18(2)16-26(24)27(25(23)15-17,19-5-9-21(10-6-19)28(30,31)32)20-7-11-22(12-8-20)29(33,34)35/h3-7,9-16,20H,8H2,1-2H3. The van der Waals surface area contributed by atoms with E-state index in [2.05, 4.69) is 0 Å². The summed E-state index contributed by atoms with van der Waals surface area (Å²) in [5.74, 6) is -0.422. The highest BCUT2D eigenvalue weighted by molar-refractivity contribution is 5.84. The molecule has 0 fully saturated rings. The summed E-state index contributed by atoms with van der Waals surface area (Å²) in [4.78, 5) is 0. The maximum Gasteiger partial charge on any atom is 0.416 e. The molecule has 0 saturated carbocycles. The molecule has 0 saturated heterocycles. The first-order chi connectivity index (χ1) is 16.4. The van der Waals surface area contributed by atoms with Gasteiger partial charge in [-0.05, 0) is 66.1 Å². The van der Waals surface area contributed by atoms with Crippen LogP contribution in [-0.4, -0.2) is 6.18 Å². The van der Waals surface area contributed by atoms with E-state index >= 15 is 0 Å². The quantitative estimate of drug-likeness (QED) is 0.319. The first-order valence-electron chi connectivity index (χ1n) is 11.3. The number of alkyl halides is 6. The highest BCUT2D eigenvalue weighted by Crippen LogP contribution is 2.58. The van der Waals surface area contributed by atoms with Crippen LogP contribution in [0.5, 0.6) is 0 Å². The van der Waals surface area contributed by atoms with Gasteiger partial charge in [-0.1, -0.05) is 77.9 Å². The molecule has 0 aromatic heterocycles. The van der Waals surface area contributed by atoms with Gasteiger partial charge in [0.2, 0.25) is 0 Å². The molecular formula is C29H22F6. The fourth-order valence-corrected chi connectivity index (χ4v) is 5.58. The van der Waals surface area contributed by atoms with Crippen LogP contribution in [0.15, 0.2) is 84.5 Å². The molecule has 2 aliphatic carbocycles. The summed E-state index contributed by atoms with van der Waals surface area (Å²) in [7, 11) is 0. The molecule has 2 aliphatic rings. The highest BCUT2D eigenvalue weighted by atomic mass is 19.4. The lowest BCUT2D eigenvalue weighted by Gasteiger charge is -2.40. The van der Waals surface area contributed by atoms with Gasteiger partial charge < -0.3 is 0 Å². The zero-order chi connectivity index (χ0) is 25.2. The van der Waals surface area contributed by atoms with Crippen molar-refractivity contribution < 1.29 is 26.3 Å². The molecule has 0 N–H and O–H groups in total. The van der Waals surface area contributed by atoms with Crippen molar-refractivity contribution in [2.24, 2.45) is 5.92 Å². The highest BCUT2D eigenvalue weighted by Gasteiger charge is 2.50. The van der Waals surface area contributed by atoms with Crippen LogP contribution >= 0.6 is 0 Å². The summed E-state index contributed by atoms with van der Waals surface area (Å²) >= 11 is 0. The smallest absolute Gasteiger partial charge is 0.166 e. The lowest BCUT2D eigenvalue weighted by molar-refractivity contribution is -0.137. The van der Waals surface area contributed by atoms with E-state index in [9.17, 15) is 26.3 Å². The molecule has 3 aromatic rings. The minimum Gasteiger partial charge on any atom is -0.166 e. The van der Waals surface area contributed by atoms with E-state index in [0.717, 1.165) is 51.6 Å². The molecule has 0 aliphatic heterocycles. The van der Waals surface area contributed by atoms with Crippen LogP contribution in [0.3, 0.4) is 0 Å². The van der Waals surface area contributed by atoms with Gasteiger partial charge in [0.25, 0.3) is 0 Å². The van der Waals surface area contributed by atoms with Gasteiger partial charge >= 0.3 is 12.4 Å². The van der Waals surface area contributed by atoms with Crippen LogP contribution in [0.4, 0.5) is 26.3 Å². The molecule has 35 heavy (non-hydrogen) atoms. The van der Waals surface area contributed by atoms with Crippen LogP contribution in [0.25, 0.3) is 11.1 Å². The van der Waals surface area contributed by atoms with E-state index in [-0.39, 0.29) is 6.42 Å². The Morgan fingerprint density at radius 3 is 1.69 bits per heavy atom. The largest absolute Gasteiger partial charge is 0.416 e. The summed E-state index contributed by atoms with van der Waals surface area (Å²) in [5.41, 5.74) is 3.86. The van der Waals surface area contributed by atoms with Crippen LogP contribution in [0, 0.1) is 19.8 Å². The first kappa shape index (κ1) is 23.5. The SMILES string of the molecule is Cc1ccc2c(c1)C(c1ccc(C(F)(F)F)cc1)(C1C=CC(C(F)(F)F)=CC1)c1cc(C)ccc1-2. The molecule has 0 radical (unpaired) electrons. The summed E-state index contributed by atoms with van der Waals surface area (Å²) in [6, 6.07) is 17.0. The van der Waals surface area contributed by atoms with Crippen molar-refractivity contribution in [3.05, 3.63) is 118 Å². The second kappa shape index (κ2) is 7.87. The number of allylic oxidation sites excluding steroid dienone is 4. The van der Waals surface area contributed by atoms with E-state index in [1.807, 2.05) is 50.2 Å². The molecule has 0 bridgehead atoms. The topological polar surface area (TPSA) is 0 Å². The molecule has 5 rings (SSSR count). The van der Waals surface area contributed by atoms with Gasteiger partial charge in [0.15, 0.2) is 0 Å². The van der Waals surface area contributed by atoms with Crippen molar-refractivity contribution in [3.63, 3.8) is 0 Å². The number of rotatable bonds is 2. The van der Waals surface area contributed by atoms with Crippen molar-refractivity contribution in [1.29, 1.82) is 0 Å². The minimum absolute atomic E-state index is 0.104. The maximum atomic E-state index is 13.4. The normalized spacial score (nSPS) is 18.7. The van der Waals surface area contributed by atoms with Gasteiger partial charge in [-0.25, -0.2) is 0 Å². The third-order valence-electron chi connectivity index (χ3n) is 7.14. The molecular weight excluding hydrogens is 462 g/mol. The van der Waals surface area contributed by atoms with E-state index in [1.54, 1.807) is 6.08 Å². The monoisotopic (exact) mass is 484 g/mol. The lowest BCUT2D eigenvalue weighted by Crippen LogP contribution is -2.36.